The fourth-order valence-corrected chi connectivity index (χ4v) is 6.73. The van der Waals surface area contributed by atoms with Gasteiger partial charge in [-0.3, -0.25) is 13.9 Å². The summed E-state index contributed by atoms with van der Waals surface area (Å²) < 4.78 is 34.9. The van der Waals surface area contributed by atoms with E-state index in [1.165, 1.54) is 36.3 Å². The molecule has 46 heavy (non-hydrogen) atoms. The molecule has 4 aromatic rings. The van der Waals surface area contributed by atoms with Crippen molar-refractivity contribution in [3.05, 3.63) is 124 Å². The summed E-state index contributed by atoms with van der Waals surface area (Å²) in [5.74, 6) is -0.762. The van der Waals surface area contributed by atoms with E-state index in [9.17, 15) is 18.0 Å². The van der Waals surface area contributed by atoms with Crippen molar-refractivity contribution in [1.82, 2.24) is 10.2 Å². The number of anilines is 1. The highest BCUT2D eigenvalue weighted by Gasteiger charge is 2.36. The van der Waals surface area contributed by atoms with Crippen molar-refractivity contribution in [1.29, 1.82) is 0 Å². The maximum Gasteiger partial charge on any atom is 0.264 e. The van der Waals surface area contributed by atoms with Gasteiger partial charge in [0.25, 0.3) is 10.0 Å². The molecule has 0 bridgehead atoms. The number of nitrogens with one attached hydrogen (secondary N) is 1. The van der Waals surface area contributed by atoms with Crippen LogP contribution in [0.15, 0.2) is 108 Å². The van der Waals surface area contributed by atoms with E-state index < -0.39 is 28.5 Å². The van der Waals surface area contributed by atoms with Gasteiger partial charge in [-0.15, -0.1) is 0 Å². The highest BCUT2D eigenvalue weighted by Crippen LogP contribution is 2.35. The van der Waals surface area contributed by atoms with Crippen LogP contribution >= 0.6 is 23.2 Å². The molecule has 8 nitrogen and oxygen atoms in total. The number of ether oxygens (including phenoxy) is 1. The summed E-state index contributed by atoms with van der Waals surface area (Å²) in [4.78, 5) is 29.9. The Labute approximate surface area is 280 Å². The minimum absolute atomic E-state index is 0.00325. The molecule has 242 valence electrons. The van der Waals surface area contributed by atoms with E-state index in [0.717, 1.165) is 9.87 Å². The molecule has 0 heterocycles. The van der Waals surface area contributed by atoms with Gasteiger partial charge in [-0.1, -0.05) is 90.8 Å². The molecule has 0 aromatic heterocycles. The lowest BCUT2D eigenvalue weighted by Crippen LogP contribution is -2.54. The van der Waals surface area contributed by atoms with E-state index in [0.29, 0.717) is 17.0 Å². The first kappa shape index (κ1) is 34.8. The quantitative estimate of drug-likeness (QED) is 0.159. The number of carbonyl (C=O) groups excluding carboxylic acids is 2. The van der Waals surface area contributed by atoms with Gasteiger partial charge in [-0.25, -0.2) is 8.42 Å². The predicted octanol–water partition coefficient (Wildman–Crippen LogP) is 6.75. The summed E-state index contributed by atoms with van der Waals surface area (Å²) in [6, 6.07) is 27.6. The number of amides is 2. The molecular weight excluding hydrogens is 645 g/mol. The Kier molecular flexibility index (Phi) is 12.1. The van der Waals surface area contributed by atoms with Gasteiger partial charge in [0, 0.05) is 29.1 Å². The van der Waals surface area contributed by atoms with Gasteiger partial charge >= 0.3 is 0 Å². The summed E-state index contributed by atoms with van der Waals surface area (Å²) in [5.41, 5.74) is 1.59. The molecule has 0 spiro atoms. The van der Waals surface area contributed by atoms with Crippen LogP contribution in [-0.2, 0) is 32.6 Å². The number of hydrogen-bond acceptors (Lipinski definition) is 5. The van der Waals surface area contributed by atoms with E-state index in [1.54, 1.807) is 48.5 Å². The monoisotopic (exact) mass is 681 g/mol. The number of benzene rings is 4. The first-order valence-electron chi connectivity index (χ1n) is 14.8. The molecule has 0 saturated heterocycles. The van der Waals surface area contributed by atoms with Gasteiger partial charge in [-0.05, 0) is 66.9 Å². The lowest BCUT2D eigenvalue weighted by Gasteiger charge is -2.34. The molecule has 1 N–H and O–H groups in total. The number of rotatable bonds is 14. The van der Waals surface area contributed by atoms with Crippen molar-refractivity contribution < 1.29 is 22.7 Å². The van der Waals surface area contributed by atoms with Crippen molar-refractivity contribution in [2.45, 2.75) is 50.2 Å². The second-order valence-corrected chi connectivity index (χ2v) is 13.6. The van der Waals surface area contributed by atoms with Crippen LogP contribution in [-0.4, -0.2) is 50.9 Å². The largest absolute Gasteiger partial charge is 0.495 e. The highest BCUT2D eigenvalue weighted by atomic mass is 35.5. The van der Waals surface area contributed by atoms with E-state index in [-0.39, 0.29) is 46.3 Å². The van der Waals surface area contributed by atoms with Gasteiger partial charge in [0.2, 0.25) is 11.8 Å². The van der Waals surface area contributed by atoms with Gasteiger partial charge in [0.1, 0.15) is 18.3 Å². The molecule has 0 fully saturated rings. The molecule has 4 aromatic carbocycles. The zero-order valence-electron chi connectivity index (χ0n) is 25.9. The van der Waals surface area contributed by atoms with Crippen molar-refractivity contribution >= 4 is 50.7 Å². The summed E-state index contributed by atoms with van der Waals surface area (Å²) >= 11 is 12.7. The maximum absolute atomic E-state index is 14.6. The molecule has 4 rings (SSSR count). The number of sulfonamides is 1. The average molecular weight is 683 g/mol. The van der Waals surface area contributed by atoms with Crippen molar-refractivity contribution in [2.75, 3.05) is 18.0 Å². The summed E-state index contributed by atoms with van der Waals surface area (Å²) in [6.07, 6.45) is 0.880. The molecule has 2 atom stereocenters. The highest BCUT2D eigenvalue weighted by molar-refractivity contribution is 7.92. The summed E-state index contributed by atoms with van der Waals surface area (Å²) in [6.45, 7) is 3.20. The van der Waals surface area contributed by atoms with Crippen LogP contribution in [0.5, 0.6) is 5.75 Å². The lowest BCUT2D eigenvalue weighted by molar-refractivity contribution is -0.140. The molecule has 11 heteroatoms. The van der Waals surface area contributed by atoms with Crippen LogP contribution < -0.4 is 14.4 Å². The minimum Gasteiger partial charge on any atom is -0.495 e. The van der Waals surface area contributed by atoms with E-state index in [4.69, 9.17) is 27.9 Å². The molecular formula is C35H37Cl2N3O5S. The fraction of sp³-hybridized carbons (Fsp3) is 0.257. The molecule has 0 aliphatic carbocycles. The van der Waals surface area contributed by atoms with Crippen molar-refractivity contribution in [3.8, 4) is 5.75 Å². The molecule has 0 aliphatic heterocycles. The minimum atomic E-state index is -4.31. The number of hydrogen-bond donors (Lipinski definition) is 1. The molecule has 0 aliphatic rings. The van der Waals surface area contributed by atoms with Gasteiger partial charge < -0.3 is 15.0 Å². The Hall–Kier alpha value is -4.05. The Morgan fingerprint density at radius 3 is 2.11 bits per heavy atom. The first-order valence-corrected chi connectivity index (χ1v) is 17.0. The third-order valence-electron chi connectivity index (χ3n) is 7.53. The summed E-state index contributed by atoms with van der Waals surface area (Å²) in [7, 11) is -2.91. The molecule has 0 unspecified atom stereocenters. The number of carbonyl (C=O) groups is 2. The molecule has 0 saturated carbocycles. The van der Waals surface area contributed by atoms with Crippen molar-refractivity contribution in [3.63, 3.8) is 0 Å². The van der Waals surface area contributed by atoms with E-state index in [2.05, 4.69) is 5.32 Å². The second-order valence-electron chi connectivity index (χ2n) is 10.8. The number of halogens is 2. The lowest BCUT2D eigenvalue weighted by atomic mass is 10.0. The number of methoxy groups -OCH3 is 1. The third kappa shape index (κ3) is 8.81. The smallest absolute Gasteiger partial charge is 0.264 e. The van der Waals surface area contributed by atoms with Crippen LogP contribution in [0.25, 0.3) is 0 Å². The Morgan fingerprint density at radius 1 is 0.848 bits per heavy atom. The van der Waals surface area contributed by atoms with E-state index >= 15 is 0 Å². The van der Waals surface area contributed by atoms with E-state index in [1.807, 2.05) is 44.2 Å². The zero-order chi connectivity index (χ0) is 33.3. The van der Waals surface area contributed by atoms with Crippen molar-refractivity contribution in [2.24, 2.45) is 0 Å². The standard InChI is InChI=1S/C35H37Cl2N3O5S/c1-4-25(2)38-35(42)32(21-26-12-7-5-8-13-26)39(23-27-14-11-15-28(36)20-27)34(41)24-40(31-22-29(37)18-19-33(31)45-3)46(43,44)30-16-9-6-10-17-30/h5-20,22,25,32H,4,21,23-24H2,1-3H3,(H,38,42)/t25-,32-/m1/s1. The molecule has 0 radical (unpaired) electrons. The fourth-order valence-electron chi connectivity index (χ4n) is 4.92. The topological polar surface area (TPSA) is 96.0 Å². The zero-order valence-corrected chi connectivity index (χ0v) is 28.2. The van der Waals surface area contributed by atoms with Gasteiger partial charge in [0.15, 0.2) is 0 Å². The summed E-state index contributed by atoms with van der Waals surface area (Å²) in [5, 5.41) is 3.74. The van der Waals surface area contributed by atoms with Crippen LogP contribution in [0.2, 0.25) is 10.0 Å². The van der Waals surface area contributed by atoms with Crippen LogP contribution in [0.1, 0.15) is 31.4 Å². The van der Waals surface area contributed by atoms with Gasteiger partial charge in [-0.2, -0.15) is 0 Å². The normalized spacial score (nSPS) is 12.5. The van der Waals surface area contributed by atoms with Crippen LogP contribution in [0, 0.1) is 0 Å². The Bertz CT molecular complexity index is 1740. The van der Waals surface area contributed by atoms with Crippen LogP contribution in [0.4, 0.5) is 5.69 Å². The van der Waals surface area contributed by atoms with Crippen LogP contribution in [0.3, 0.4) is 0 Å². The van der Waals surface area contributed by atoms with Gasteiger partial charge in [0.05, 0.1) is 17.7 Å². The number of nitrogens with zero attached hydrogens (tertiary/aromatic N) is 2. The average Bonchev–Trinajstić information content (AvgIpc) is 3.05. The first-order chi connectivity index (χ1) is 22.0. The Balaban J connectivity index is 1.85. The predicted molar refractivity (Wildman–Crippen MR) is 183 cm³/mol. The second kappa shape index (κ2) is 16.0. The maximum atomic E-state index is 14.6. The Morgan fingerprint density at radius 2 is 1.48 bits per heavy atom. The third-order valence-corrected chi connectivity index (χ3v) is 9.78. The SMILES string of the molecule is CC[C@@H](C)NC(=O)[C@@H](Cc1ccccc1)N(Cc1cccc(Cl)c1)C(=O)CN(c1cc(Cl)ccc1OC)S(=O)(=O)c1ccccc1. The molecule has 2 amide bonds.